The second-order valence-electron chi connectivity index (χ2n) is 10.2. The van der Waals surface area contributed by atoms with Crippen LogP contribution in [0.2, 0.25) is 0 Å². The number of ether oxygens (including phenoxy) is 2. The van der Waals surface area contributed by atoms with Crippen molar-refractivity contribution in [1.82, 2.24) is 9.80 Å². The first-order chi connectivity index (χ1) is 18.4. The maximum Gasteiger partial charge on any atom is 0.416 e. The van der Waals surface area contributed by atoms with Gasteiger partial charge in [-0.25, -0.2) is 19.4 Å². The Labute approximate surface area is 223 Å². The summed E-state index contributed by atoms with van der Waals surface area (Å²) in [6.07, 6.45) is 4.15. The van der Waals surface area contributed by atoms with E-state index in [2.05, 4.69) is 0 Å². The Morgan fingerprint density at radius 2 is 1.26 bits per heavy atom. The molecule has 2 aromatic carbocycles. The van der Waals surface area contributed by atoms with Crippen LogP contribution in [0.3, 0.4) is 0 Å². The number of imide groups is 2. The van der Waals surface area contributed by atoms with E-state index in [1.54, 1.807) is 0 Å². The van der Waals surface area contributed by atoms with Crippen LogP contribution < -0.4 is 0 Å². The minimum absolute atomic E-state index is 0.194. The number of rotatable bonds is 12. The minimum Gasteiger partial charge on any atom is -0.447 e. The summed E-state index contributed by atoms with van der Waals surface area (Å²) in [7, 11) is 0. The Balaban J connectivity index is 1.16. The average Bonchev–Trinajstić information content (AvgIpc) is 3.47. The number of benzene rings is 2. The van der Waals surface area contributed by atoms with Gasteiger partial charge in [0.15, 0.2) is 0 Å². The van der Waals surface area contributed by atoms with E-state index in [1.807, 2.05) is 67.6 Å². The first-order valence-electron chi connectivity index (χ1n) is 13.5. The molecule has 8 nitrogen and oxygen atoms in total. The summed E-state index contributed by atoms with van der Waals surface area (Å²) in [6.45, 7) is 2.29. The second kappa shape index (κ2) is 13.2. The average molecular weight is 521 g/mol. The molecule has 2 heterocycles. The third-order valence-corrected chi connectivity index (χ3v) is 7.26. The highest BCUT2D eigenvalue weighted by Crippen LogP contribution is 2.23. The molecule has 0 aromatic heterocycles. The SMILES string of the molecule is C[C@@H](CCCCCCC(=O)N1C(=O)OC[C@@H]1Cc1ccccc1)C(=O)N1C(=O)OC[C@@H]1Cc1ccccc1. The zero-order chi connectivity index (χ0) is 26.9. The molecule has 2 fully saturated rings. The van der Waals surface area contributed by atoms with Crippen molar-refractivity contribution in [3.8, 4) is 0 Å². The topological polar surface area (TPSA) is 93.2 Å². The van der Waals surface area contributed by atoms with E-state index in [0.717, 1.165) is 30.4 Å². The van der Waals surface area contributed by atoms with Crippen LogP contribution in [0.25, 0.3) is 0 Å². The van der Waals surface area contributed by atoms with Crippen LogP contribution in [-0.4, -0.2) is 59.1 Å². The van der Waals surface area contributed by atoms with Crippen molar-refractivity contribution < 1.29 is 28.7 Å². The summed E-state index contributed by atoms with van der Waals surface area (Å²) in [5.74, 6) is -0.687. The predicted molar refractivity (Wildman–Crippen MR) is 141 cm³/mol. The summed E-state index contributed by atoms with van der Waals surface area (Å²) in [4.78, 5) is 52.8. The van der Waals surface area contributed by atoms with Crippen molar-refractivity contribution in [1.29, 1.82) is 0 Å². The Hall–Kier alpha value is -3.68. The van der Waals surface area contributed by atoms with Crippen molar-refractivity contribution in [2.24, 2.45) is 5.92 Å². The number of hydrogen-bond acceptors (Lipinski definition) is 6. The number of unbranched alkanes of at least 4 members (excludes halogenated alkanes) is 3. The first-order valence-corrected chi connectivity index (χ1v) is 13.5. The normalized spacial score (nSPS) is 19.8. The van der Waals surface area contributed by atoms with Gasteiger partial charge in [-0.2, -0.15) is 0 Å². The van der Waals surface area contributed by atoms with Crippen molar-refractivity contribution in [3.05, 3.63) is 71.8 Å². The van der Waals surface area contributed by atoms with Crippen molar-refractivity contribution >= 4 is 24.0 Å². The van der Waals surface area contributed by atoms with Gasteiger partial charge in [-0.1, -0.05) is 86.8 Å². The van der Waals surface area contributed by atoms with Crippen LogP contribution in [0.1, 0.15) is 56.6 Å². The number of hydrogen-bond donors (Lipinski definition) is 0. The molecular formula is C30H36N2O6. The van der Waals surface area contributed by atoms with E-state index in [4.69, 9.17) is 9.47 Å². The molecule has 38 heavy (non-hydrogen) atoms. The minimum atomic E-state index is -0.563. The summed E-state index contributed by atoms with van der Waals surface area (Å²) < 4.78 is 10.3. The smallest absolute Gasteiger partial charge is 0.416 e. The lowest BCUT2D eigenvalue weighted by Crippen LogP contribution is -2.43. The van der Waals surface area contributed by atoms with E-state index in [-0.39, 0.29) is 49.5 Å². The van der Waals surface area contributed by atoms with Gasteiger partial charge in [-0.15, -0.1) is 0 Å². The predicted octanol–water partition coefficient (Wildman–Crippen LogP) is 5.14. The van der Waals surface area contributed by atoms with E-state index in [0.29, 0.717) is 25.7 Å². The largest absolute Gasteiger partial charge is 0.447 e. The van der Waals surface area contributed by atoms with Gasteiger partial charge in [0, 0.05) is 12.3 Å². The maximum atomic E-state index is 13.0. The van der Waals surface area contributed by atoms with Gasteiger partial charge in [0.25, 0.3) is 0 Å². The monoisotopic (exact) mass is 520 g/mol. The van der Waals surface area contributed by atoms with Crippen LogP contribution in [0, 0.1) is 5.92 Å². The molecular weight excluding hydrogens is 484 g/mol. The summed E-state index contributed by atoms with van der Waals surface area (Å²) >= 11 is 0. The lowest BCUT2D eigenvalue weighted by Gasteiger charge is -2.23. The quantitative estimate of drug-likeness (QED) is 0.360. The van der Waals surface area contributed by atoms with Gasteiger partial charge >= 0.3 is 12.2 Å². The van der Waals surface area contributed by atoms with Crippen LogP contribution in [0.4, 0.5) is 9.59 Å². The molecule has 2 saturated heterocycles. The highest BCUT2D eigenvalue weighted by molar-refractivity contribution is 5.95. The van der Waals surface area contributed by atoms with E-state index in [9.17, 15) is 19.2 Å². The van der Waals surface area contributed by atoms with Crippen molar-refractivity contribution in [3.63, 3.8) is 0 Å². The van der Waals surface area contributed by atoms with E-state index < -0.39 is 12.2 Å². The molecule has 4 rings (SSSR count). The number of cyclic esters (lactones) is 2. The van der Waals surface area contributed by atoms with E-state index in [1.165, 1.54) is 9.80 Å². The maximum absolute atomic E-state index is 13.0. The highest BCUT2D eigenvalue weighted by atomic mass is 16.6. The van der Waals surface area contributed by atoms with Crippen LogP contribution in [-0.2, 0) is 31.9 Å². The molecule has 202 valence electrons. The number of amides is 4. The van der Waals surface area contributed by atoms with Gasteiger partial charge in [0.1, 0.15) is 13.2 Å². The first kappa shape index (κ1) is 27.4. The number of carbonyl (C=O) groups excluding carboxylic acids is 4. The molecule has 0 N–H and O–H groups in total. The molecule has 2 aliphatic heterocycles. The van der Waals surface area contributed by atoms with Gasteiger partial charge in [-0.3, -0.25) is 9.59 Å². The van der Waals surface area contributed by atoms with Gasteiger partial charge in [0.05, 0.1) is 12.1 Å². The van der Waals surface area contributed by atoms with Crippen molar-refractivity contribution in [2.45, 2.75) is 70.4 Å². The number of nitrogens with zero attached hydrogens (tertiary/aromatic N) is 2. The second-order valence-corrected chi connectivity index (χ2v) is 10.2. The molecule has 0 bridgehead atoms. The fourth-order valence-electron chi connectivity index (χ4n) is 5.13. The Bertz CT molecular complexity index is 1110. The third kappa shape index (κ3) is 7.00. The molecule has 0 saturated carbocycles. The number of carbonyl (C=O) groups is 4. The van der Waals surface area contributed by atoms with Crippen LogP contribution >= 0.6 is 0 Å². The van der Waals surface area contributed by atoms with Crippen molar-refractivity contribution in [2.75, 3.05) is 13.2 Å². The third-order valence-electron chi connectivity index (χ3n) is 7.26. The zero-order valence-corrected chi connectivity index (χ0v) is 21.9. The lowest BCUT2D eigenvalue weighted by atomic mass is 9.99. The standard InChI is InChI=1S/C30H36N2O6/c1-22(28(34)32-26(21-38-30(32)36)19-24-15-9-5-10-16-24)12-6-2-3-11-17-27(33)31-25(20-37-29(31)35)18-23-13-7-4-8-14-23/h4-5,7-10,13-16,22,25-26H,2-3,6,11-12,17-21H2,1H3/t22-,25-,26-/m0/s1. The molecule has 0 unspecified atom stereocenters. The van der Waals surface area contributed by atoms with Gasteiger partial charge in [0.2, 0.25) is 11.8 Å². The molecule has 2 aromatic rings. The molecule has 4 amide bonds. The Kier molecular flexibility index (Phi) is 9.51. The summed E-state index contributed by atoms with van der Waals surface area (Å²) in [5.41, 5.74) is 2.12. The van der Waals surface area contributed by atoms with Crippen LogP contribution in [0.5, 0.6) is 0 Å². The summed E-state index contributed by atoms with van der Waals surface area (Å²) in [5, 5.41) is 0. The van der Waals surface area contributed by atoms with Gasteiger partial charge in [-0.05, 0) is 36.8 Å². The molecule has 2 aliphatic rings. The lowest BCUT2D eigenvalue weighted by molar-refractivity contribution is -0.133. The van der Waals surface area contributed by atoms with E-state index >= 15 is 0 Å². The summed E-state index contributed by atoms with van der Waals surface area (Å²) in [6, 6.07) is 19.0. The van der Waals surface area contributed by atoms with Gasteiger partial charge < -0.3 is 9.47 Å². The fourth-order valence-corrected chi connectivity index (χ4v) is 5.13. The molecule has 0 spiro atoms. The Morgan fingerprint density at radius 3 is 1.84 bits per heavy atom. The molecule has 8 heteroatoms. The molecule has 0 aliphatic carbocycles. The highest BCUT2D eigenvalue weighted by Gasteiger charge is 2.39. The fraction of sp³-hybridized carbons (Fsp3) is 0.467. The van der Waals surface area contributed by atoms with Crippen LogP contribution in [0.15, 0.2) is 60.7 Å². The molecule has 0 radical (unpaired) electrons. The molecule has 3 atom stereocenters. The zero-order valence-electron chi connectivity index (χ0n) is 21.9. The Morgan fingerprint density at radius 1 is 0.763 bits per heavy atom.